The molecule has 0 aromatic carbocycles. The molecule has 0 aliphatic heterocycles. The second-order valence-corrected chi connectivity index (χ2v) is 3.25. The van der Waals surface area contributed by atoms with E-state index in [1.54, 1.807) is 4.90 Å². The largest absolute Gasteiger partial charge is 0.395 e. The first-order chi connectivity index (χ1) is 6.63. The molecule has 84 valence electrons. The van der Waals surface area contributed by atoms with Crippen molar-refractivity contribution in [1.82, 2.24) is 4.90 Å². The third-order valence-electron chi connectivity index (χ3n) is 1.77. The van der Waals surface area contributed by atoms with Crippen molar-refractivity contribution in [3.8, 4) is 0 Å². The molecule has 0 saturated heterocycles. The number of carbonyl (C=O) groups is 1. The molecule has 0 rings (SSSR count). The van der Waals surface area contributed by atoms with E-state index < -0.39 is 0 Å². The van der Waals surface area contributed by atoms with Gasteiger partial charge in [-0.1, -0.05) is 0 Å². The predicted molar refractivity (Wildman–Crippen MR) is 53.8 cm³/mol. The lowest BCUT2D eigenvalue weighted by molar-refractivity contribution is -0.138. The molecule has 0 radical (unpaired) electrons. The Bertz CT molecular complexity index is 162. The van der Waals surface area contributed by atoms with Crippen LogP contribution in [0.25, 0.3) is 0 Å². The molecule has 0 aliphatic carbocycles. The highest BCUT2D eigenvalue weighted by Gasteiger charge is 2.15. The number of rotatable bonds is 7. The first kappa shape index (κ1) is 13.4. The van der Waals surface area contributed by atoms with Gasteiger partial charge >= 0.3 is 0 Å². The van der Waals surface area contributed by atoms with E-state index >= 15 is 0 Å². The van der Waals surface area contributed by atoms with Crippen molar-refractivity contribution in [3.63, 3.8) is 0 Å². The smallest absolute Gasteiger partial charge is 0.248 e. The van der Waals surface area contributed by atoms with Crippen molar-refractivity contribution in [2.24, 2.45) is 5.73 Å². The molecule has 0 aliphatic rings. The van der Waals surface area contributed by atoms with Gasteiger partial charge in [-0.3, -0.25) is 4.79 Å². The molecule has 0 aromatic heterocycles. The number of aliphatic hydroxyl groups excluding tert-OH is 1. The highest BCUT2D eigenvalue weighted by molar-refractivity contribution is 5.77. The van der Waals surface area contributed by atoms with Gasteiger partial charge in [0, 0.05) is 19.1 Å². The number of nitrogens with zero attached hydrogens (tertiary/aromatic N) is 1. The topological polar surface area (TPSA) is 75.8 Å². The minimum absolute atomic E-state index is 0.0270. The van der Waals surface area contributed by atoms with Crippen molar-refractivity contribution >= 4 is 5.91 Å². The summed E-state index contributed by atoms with van der Waals surface area (Å²) < 4.78 is 5.02. The molecule has 0 spiro atoms. The second-order valence-electron chi connectivity index (χ2n) is 3.25. The van der Waals surface area contributed by atoms with Gasteiger partial charge in [-0.05, 0) is 13.8 Å². The molecule has 0 atom stereocenters. The minimum atomic E-state index is -0.109. The molecule has 1 amide bonds. The Morgan fingerprint density at radius 1 is 1.57 bits per heavy atom. The zero-order valence-electron chi connectivity index (χ0n) is 8.90. The van der Waals surface area contributed by atoms with Crippen LogP contribution < -0.4 is 5.73 Å². The first-order valence-electron chi connectivity index (χ1n) is 4.81. The average Bonchev–Trinajstić information content (AvgIpc) is 2.13. The molecule has 14 heavy (non-hydrogen) atoms. The number of hydrogen-bond donors (Lipinski definition) is 2. The summed E-state index contributed by atoms with van der Waals surface area (Å²) in [6, 6.07) is 0.0797. The molecule has 0 unspecified atom stereocenters. The number of nitrogens with two attached hydrogens (primary N) is 1. The molecule has 0 bridgehead atoms. The fraction of sp³-hybridized carbons (Fsp3) is 0.889. The van der Waals surface area contributed by atoms with Crippen molar-refractivity contribution in [2.45, 2.75) is 19.9 Å². The fourth-order valence-electron chi connectivity index (χ4n) is 1.10. The van der Waals surface area contributed by atoms with E-state index in [1.807, 2.05) is 13.8 Å². The van der Waals surface area contributed by atoms with Gasteiger partial charge in [-0.2, -0.15) is 0 Å². The lowest BCUT2D eigenvalue weighted by Gasteiger charge is -2.25. The Labute approximate surface area is 84.8 Å². The Morgan fingerprint density at radius 3 is 2.64 bits per heavy atom. The van der Waals surface area contributed by atoms with E-state index in [1.165, 1.54) is 0 Å². The quantitative estimate of drug-likeness (QED) is 0.532. The maximum absolute atomic E-state index is 11.5. The van der Waals surface area contributed by atoms with E-state index in [0.29, 0.717) is 19.7 Å². The van der Waals surface area contributed by atoms with Crippen LogP contribution in [-0.2, 0) is 9.53 Å². The lowest BCUT2D eigenvalue weighted by Crippen LogP contribution is -2.41. The van der Waals surface area contributed by atoms with Gasteiger partial charge in [0.15, 0.2) is 0 Å². The minimum Gasteiger partial charge on any atom is -0.395 e. The van der Waals surface area contributed by atoms with Gasteiger partial charge in [0.1, 0.15) is 6.61 Å². The zero-order chi connectivity index (χ0) is 11.0. The number of aliphatic hydroxyl groups is 1. The number of carbonyl (C=O) groups excluding carboxylic acids is 1. The van der Waals surface area contributed by atoms with E-state index in [0.717, 1.165) is 0 Å². The summed E-state index contributed by atoms with van der Waals surface area (Å²) in [7, 11) is 0. The summed E-state index contributed by atoms with van der Waals surface area (Å²) >= 11 is 0. The van der Waals surface area contributed by atoms with Crippen LogP contribution in [0.4, 0.5) is 0 Å². The third kappa shape index (κ3) is 5.16. The van der Waals surface area contributed by atoms with Crippen LogP contribution in [0.2, 0.25) is 0 Å². The summed E-state index contributed by atoms with van der Waals surface area (Å²) in [6.07, 6.45) is 0. The van der Waals surface area contributed by atoms with Gasteiger partial charge in [-0.15, -0.1) is 0 Å². The Hall–Kier alpha value is -0.650. The molecule has 0 fully saturated rings. The van der Waals surface area contributed by atoms with Crippen LogP contribution in [0, 0.1) is 0 Å². The summed E-state index contributed by atoms with van der Waals surface area (Å²) in [4.78, 5) is 13.1. The summed E-state index contributed by atoms with van der Waals surface area (Å²) in [5.41, 5.74) is 5.22. The lowest BCUT2D eigenvalue weighted by atomic mass is 10.3. The van der Waals surface area contributed by atoms with Crippen molar-refractivity contribution in [3.05, 3.63) is 0 Å². The second kappa shape index (κ2) is 7.73. The standard InChI is InChI=1S/C9H20N2O3/c1-8(2)11(4-5-12)9(13)7-14-6-3-10/h8,12H,3-7,10H2,1-2H3. The summed E-state index contributed by atoms with van der Waals surface area (Å²) in [5, 5.41) is 8.75. The zero-order valence-corrected chi connectivity index (χ0v) is 8.90. The SMILES string of the molecule is CC(C)N(CCO)C(=O)COCCN. The van der Waals surface area contributed by atoms with Gasteiger partial charge in [0.05, 0.1) is 13.2 Å². The summed E-state index contributed by atoms with van der Waals surface area (Å²) in [5.74, 6) is -0.109. The molecular weight excluding hydrogens is 184 g/mol. The van der Waals surface area contributed by atoms with Gasteiger partial charge < -0.3 is 20.5 Å². The fourth-order valence-corrected chi connectivity index (χ4v) is 1.10. The van der Waals surface area contributed by atoms with Crippen LogP contribution in [-0.4, -0.2) is 54.9 Å². The molecule has 0 saturated carbocycles. The summed E-state index contributed by atoms with van der Waals surface area (Å²) in [6.45, 7) is 4.96. The Kier molecular flexibility index (Phi) is 7.37. The van der Waals surface area contributed by atoms with E-state index in [-0.39, 0.29) is 25.2 Å². The third-order valence-corrected chi connectivity index (χ3v) is 1.77. The normalized spacial score (nSPS) is 10.6. The van der Waals surface area contributed by atoms with Crippen LogP contribution in [0.5, 0.6) is 0 Å². The predicted octanol–water partition coefficient (Wildman–Crippen LogP) is -0.809. The molecule has 5 heteroatoms. The molecule has 0 heterocycles. The first-order valence-corrected chi connectivity index (χ1v) is 4.81. The molecule has 5 nitrogen and oxygen atoms in total. The molecular formula is C9H20N2O3. The Balaban J connectivity index is 3.89. The molecule has 3 N–H and O–H groups in total. The maximum Gasteiger partial charge on any atom is 0.248 e. The highest BCUT2D eigenvalue weighted by atomic mass is 16.5. The average molecular weight is 204 g/mol. The van der Waals surface area contributed by atoms with Crippen LogP contribution in [0.15, 0.2) is 0 Å². The van der Waals surface area contributed by atoms with Crippen molar-refractivity contribution in [2.75, 3.05) is 32.9 Å². The van der Waals surface area contributed by atoms with E-state index in [2.05, 4.69) is 0 Å². The van der Waals surface area contributed by atoms with Crippen molar-refractivity contribution < 1.29 is 14.6 Å². The van der Waals surface area contributed by atoms with E-state index in [4.69, 9.17) is 15.6 Å². The maximum atomic E-state index is 11.5. The Morgan fingerprint density at radius 2 is 2.21 bits per heavy atom. The van der Waals surface area contributed by atoms with Crippen molar-refractivity contribution in [1.29, 1.82) is 0 Å². The highest BCUT2D eigenvalue weighted by Crippen LogP contribution is 1.98. The number of amides is 1. The van der Waals surface area contributed by atoms with Gasteiger partial charge in [0.25, 0.3) is 0 Å². The number of ether oxygens (including phenoxy) is 1. The van der Waals surface area contributed by atoms with Crippen LogP contribution in [0.3, 0.4) is 0 Å². The number of hydrogen-bond acceptors (Lipinski definition) is 4. The van der Waals surface area contributed by atoms with Gasteiger partial charge in [0.2, 0.25) is 5.91 Å². The van der Waals surface area contributed by atoms with Gasteiger partial charge in [-0.25, -0.2) is 0 Å². The molecule has 0 aromatic rings. The monoisotopic (exact) mass is 204 g/mol. The van der Waals surface area contributed by atoms with Crippen LogP contribution >= 0.6 is 0 Å². The van der Waals surface area contributed by atoms with E-state index in [9.17, 15) is 4.79 Å². The van der Waals surface area contributed by atoms with Crippen LogP contribution in [0.1, 0.15) is 13.8 Å².